The predicted molar refractivity (Wildman–Crippen MR) is 74.6 cm³/mol. The van der Waals surface area contributed by atoms with Gasteiger partial charge in [-0.3, -0.25) is 4.98 Å². The summed E-state index contributed by atoms with van der Waals surface area (Å²) < 4.78 is 26.7. The number of aromatic amines is 1. The minimum atomic E-state index is -0.676. The number of halogens is 2. The molecule has 5 heteroatoms. The number of aromatic nitrogens is 2. The van der Waals surface area contributed by atoms with Gasteiger partial charge in [0, 0.05) is 18.3 Å². The highest BCUT2D eigenvalue weighted by Gasteiger charge is 2.08. The third-order valence-electron chi connectivity index (χ3n) is 3.19. The molecule has 3 rings (SSSR count). The third kappa shape index (κ3) is 2.47. The first-order valence-corrected chi connectivity index (χ1v) is 6.33. The van der Waals surface area contributed by atoms with Gasteiger partial charge in [0.1, 0.15) is 5.69 Å². The van der Waals surface area contributed by atoms with Gasteiger partial charge in [-0.25, -0.2) is 8.78 Å². The van der Waals surface area contributed by atoms with Crippen LogP contribution < -0.4 is 5.32 Å². The van der Waals surface area contributed by atoms with Crippen molar-refractivity contribution in [2.24, 2.45) is 0 Å². The number of fused-ring (bicyclic) bond motifs is 1. The van der Waals surface area contributed by atoms with E-state index in [9.17, 15) is 8.78 Å². The average Bonchev–Trinajstić information content (AvgIpc) is 2.89. The minimum Gasteiger partial charge on any atom is -0.380 e. The fourth-order valence-electron chi connectivity index (χ4n) is 2.16. The Bertz CT molecular complexity index is 717. The van der Waals surface area contributed by atoms with E-state index in [-0.39, 0.29) is 5.69 Å². The van der Waals surface area contributed by atoms with Gasteiger partial charge in [0.05, 0.1) is 12.4 Å². The molecule has 2 N–H and O–H groups in total. The first-order valence-electron chi connectivity index (χ1n) is 6.33. The normalized spacial score (nSPS) is 10.9. The van der Waals surface area contributed by atoms with Crippen molar-refractivity contribution in [1.82, 2.24) is 9.97 Å². The zero-order chi connectivity index (χ0) is 13.9. The highest BCUT2D eigenvalue weighted by atomic mass is 19.1. The zero-order valence-electron chi connectivity index (χ0n) is 10.7. The molecule has 2 heterocycles. The van der Waals surface area contributed by atoms with Crippen LogP contribution >= 0.6 is 0 Å². The number of nitrogens with zero attached hydrogens (tertiary/aromatic N) is 1. The second-order valence-corrected chi connectivity index (χ2v) is 4.55. The summed E-state index contributed by atoms with van der Waals surface area (Å²) in [6.45, 7) is 0.448. The summed E-state index contributed by atoms with van der Waals surface area (Å²) >= 11 is 0. The van der Waals surface area contributed by atoms with Gasteiger partial charge in [-0.2, -0.15) is 0 Å². The molecule has 0 unspecified atom stereocenters. The van der Waals surface area contributed by atoms with Crippen LogP contribution in [-0.4, -0.2) is 16.5 Å². The maximum absolute atomic E-state index is 13.4. The van der Waals surface area contributed by atoms with Gasteiger partial charge in [0.15, 0.2) is 11.6 Å². The van der Waals surface area contributed by atoms with Crippen LogP contribution in [0.2, 0.25) is 0 Å². The number of anilines is 1. The summed E-state index contributed by atoms with van der Waals surface area (Å²) in [7, 11) is 0. The van der Waals surface area contributed by atoms with Crippen molar-refractivity contribution in [2.75, 3.05) is 11.9 Å². The Morgan fingerprint density at radius 2 is 1.90 bits per heavy atom. The van der Waals surface area contributed by atoms with Crippen LogP contribution in [0.15, 0.2) is 42.9 Å². The quantitative estimate of drug-likeness (QED) is 0.764. The summed E-state index contributed by atoms with van der Waals surface area (Å²) in [5.41, 5.74) is 2.03. The maximum atomic E-state index is 13.4. The molecule has 0 bridgehead atoms. The van der Waals surface area contributed by atoms with Gasteiger partial charge in [0.25, 0.3) is 0 Å². The average molecular weight is 273 g/mol. The molecule has 0 radical (unpaired) electrons. The lowest BCUT2D eigenvalue weighted by atomic mass is 10.1. The minimum absolute atomic E-state index is 0.124. The van der Waals surface area contributed by atoms with Crippen molar-refractivity contribution in [1.29, 1.82) is 0 Å². The standard InChI is InChI=1S/C15H13F2N3/c16-12-8-18-9-13(17)15(12)20-5-3-10-1-2-11-4-6-19-14(11)7-10/h1-2,4,6-9,19H,3,5H2,(H,18,20). The lowest BCUT2D eigenvalue weighted by Crippen LogP contribution is -2.08. The molecule has 20 heavy (non-hydrogen) atoms. The molecule has 0 saturated heterocycles. The van der Waals surface area contributed by atoms with Gasteiger partial charge >= 0.3 is 0 Å². The van der Waals surface area contributed by atoms with E-state index in [2.05, 4.69) is 15.3 Å². The Morgan fingerprint density at radius 3 is 2.70 bits per heavy atom. The number of pyridine rings is 1. The van der Waals surface area contributed by atoms with Crippen LogP contribution in [0.3, 0.4) is 0 Å². The van der Waals surface area contributed by atoms with Gasteiger partial charge in [-0.05, 0) is 29.5 Å². The summed E-state index contributed by atoms with van der Waals surface area (Å²) in [6, 6.07) is 8.07. The van der Waals surface area contributed by atoms with Crippen LogP contribution in [0.25, 0.3) is 10.9 Å². The molecule has 0 amide bonds. The molecule has 0 spiro atoms. The molecule has 2 aromatic heterocycles. The molecular formula is C15H13F2N3. The Balaban J connectivity index is 1.67. The van der Waals surface area contributed by atoms with Crippen molar-refractivity contribution in [3.63, 3.8) is 0 Å². The fraction of sp³-hybridized carbons (Fsp3) is 0.133. The highest BCUT2D eigenvalue weighted by molar-refractivity contribution is 5.79. The van der Waals surface area contributed by atoms with Crippen LogP contribution in [-0.2, 0) is 6.42 Å². The van der Waals surface area contributed by atoms with Crippen LogP contribution in [0.4, 0.5) is 14.5 Å². The molecule has 1 aromatic carbocycles. The fourth-order valence-corrected chi connectivity index (χ4v) is 2.16. The van der Waals surface area contributed by atoms with Crippen molar-refractivity contribution in [3.8, 4) is 0 Å². The summed E-state index contributed by atoms with van der Waals surface area (Å²) in [5.74, 6) is -1.35. The molecule has 3 nitrogen and oxygen atoms in total. The van der Waals surface area contributed by atoms with E-state index < -0.39 is 11.6 Å². The van der Waals surface area contributed by atoms with Crippen molar-refractivity contribution in [2.45, 2.75) is 6.42 Å². The second kappa shape index (κ2) is 5.28. The van der Waals surface area contributed by atoms with Gasteiger partial charge in [-0.15, -0.1) is 0 Å². The van der Waals surface area contributed by atoms with Gasteiger partial charge in [0.2, 0.25) is 0 Å². The second-order valence-electron chi connectivity index (χ2n) is 4.55. The molecule has 0 aliphatic carbocycles. The van der Waals surface area contributed by atoms with E-state index in [0.29, 0.717) is 13.0 Å². The summed E-state index contributed by atoms with van der Waals surface area (Å²) in [6.07, 6.45) is 4.55. The number of rotatable bonds is 4. The van der Waals surface area contributed by atoms with Crippen molar-refractivity contribution < 1.29 is 8.78 Å². The van der Waals surface area contributed by atoms with E-state index in [1.165, 1.54) is 0 Å². The van der Waals surface area contributed by atoms with Crippen LogP contribution in [0.1, 0.15) is 5.56 Å². The van der Waals surface area contributed by atoms with E-state index >= 15 is 0 Å². The number of H-pyrrole nitrogens is 1. The number of benzene rings is 1. The Kier molecular flexibility index (Phi) is 3.33. The molecule has 0 atom stereocenters. The smallest absolute Gasteiger partial charge is 0.167 e. The number of nitrogens with one attached hydrogen (secondary N) is 2. The largest absolute Gasteiger partial charge is 0.380 e. The van der Waals surface area contributed by atoms with E-state index in [1.807, 2.05) is 30.5 Å². The first kappa shape index (κ1) is 12.6. The summed E-state index contributed by atoms with van der Waals surface area (Å²) in [4.78, 5) is 6.58. The third-order valence-corrected chi connectivity index (χ3v) is 3.19. The van der Waals surface area contributed by atoms with E-state index in [4.69, 9.17) is 0 Å². The SMILES string of the molecule is Fc1cncc(F)c1NCCc1ccc2cc[nH]c2c1. The van der Waals surface area contributed by atoms with Gasteiger partial charge in [-0.1, -0.05) is 12.1 Å². The van der Waals surface area contributed by atoms with Crippen LogP contribution in [0, 0.1) is 11.6 Å². The van der Waals surface area contributed by atoms with Crippen LogP contribution in [0.5, 0.6) is 0 Å². The lowest BCUT2D eigenvalue weighted by molar-refractivity contribution is 0.578. The Morgan fingerprint density at radius 1 is 1.10 bits per heavy atom. The van der Waals surface area contributed by atoms with Crippen molar-refractivity contribution >= 4 is 16.6 Å². The topological polar surface area (TPSA) is 40.7 Å². The van der Waals surface area contributed by atoms with Crippen molar-refractivity contribution in [3.05, 3.63) is 60.1 Å². The zero-order valence-corrected chi connectivity index (χ0v) is 10.7. The Labute approximate surface area is 114 Å². The number of hydrogen-bond donors (Lipinski definition) is 2. The highest BCUT2D eigenvalue weighted by Crippen LogP contribution is 2.17. The van der Waals surface area contributed by atoms with E-state index in [1.54, 1.807) is 0 Å². The molecule has 3 aromatic rings. The van der Waals surface area contributed by atoms with E-state index in [0.717, 1.165) is 28.9 Å². The molecular weight excluding hydrogens is 260 g/mol. The molecule has 0 saturated carbocycles. The molecule has 102 valence electrons. The summed E-state index contributed by atoms with van der Waals surface area (Å²) in [5, 5.41) is 3.92. The maximum Gasteiger partial charge on any atom is 0.167 e. The molecule has 0 aliphatic heterocycles. The predicted octanol–water partition coefficient (Wildman–Crippen LogP) is 3.50. The lowest BCUT2D eigenvalue weighted by Gasteiger charge is -2.08. The van der Waals surface area contributed by atoms with Gasteiger partial charge < -0.3 is 10.3 Å². The monoisotopic (exact) mass is 273 g/mol. The number of hydrogen-bond acceptors (Lipinski definition) is 2. The molecule has 0 aliphatic rings. The first-order chi connectivity index (χ1) is 9.74. The molecule has 0 fully saturated rings. The Hall–Kier alpha value is -2.43.